The van der Waals surface area contributed by atoms with Gasteiger partial charge in [0.25, 0.3) is 0 Å². The lowest BCUT2D eigenvalue weighted by atomic mass is 9.98. The molecule has 0 bridgehead atoms. The number of nitrogens with zero attached hydrogens (tertiary/aromatic N) is 1. The Hall–Kier alpha value is -2.36. The van der Waals surface area contributed by atoms with Crippen molar-refractivity contribution in [1.29, 1.82) is 0 Å². The number of aromatic hydroxyl groups is 1. The molecule has 0 amide bonds. The quantitative estimate of drug-likeness (QED) is 0.856. The van der Waals surface area contributed by atoms with Gasteiger partial charge in [-0.15, -0.1) is 0 Å². The van der Waals surface area contributed by atoms with Gasteiger partial charge in [0.1, 0.15) is 11.6 Å². The summed E-state index contributed by atoms with van der Waals surface area (Å²) in [7, 11) is 1.86. The number of carbonyl (C=O) groups excluding carboxylic acids is 1. The van der Waals surface area contributed by atoms with Crippen molar-refractivity contribution in [2.75, 3.05) is 18.5 Å². The SMILES string of the molecule is CC(CN(C)c1ccc(O)cc1)C(=O)c1ccccc1F. The number of ketones is 1. The van der Waals surface area contributed by atoms with Crippen LogP contribution in [0.1, 0.15) is 17.3 Å². The summed E-state index contributed by atoms with van der Waals surface area (Å²) in [5, 5.41) is 9.27. The Bertz CT molecular complexity index is 625. The van der Waals surface area contributed by atoms with Crippen LogP contribution < -0.4 is 4.90 Å². The highest BCUT2D eigenvalue weighted by atomic mass is 19.1. The van der Waals surface area contributed by atoms with E-state index >= 15 is 0 Å². The zero-order valence-corrected chi connectivity index (χ0v) is 12.1. The van der Waals surface area contributed by atoms with Gasteiger partial charge in [0.2, 0.25) is 0 Å². The molecule has 0 radical (unpaired) electrons. The molecule has 0 saturated heterocycles. The minimum Gasteiger partial charge on any atom is -0.508 e. The highest BCUT2D eigenvalue weighted by Crippen LogP contribution is 2.20. The maximum Gasteiger partial charge on any atom is 0.170 e. The second-order valence-corrected chi connectivity index (χ2v) is 5.14. The van der Waals surface area contributed by atoms with E-state index in [4.69, 9.17) is 0 Å². The highest BCUT2D eigenvalue weighted by Gasteiger charge is 2.20. The molecule has 0 spiro atoms. The Morgan fingerprint density at radius 1 is 1.19 bits per heavy atom. The number of anilines is 1. The molecular weight excluding hydrogens is 269 g/mol. The number of rotatable bonds is 5. The van der Waals surface area contributed by atoms with Gasteiger partial charge in [0, 0.05) is 25.2 Å². The molecule has 21 heavy (non-hydrogen) atoms. The fraction of sp³-hybridized carbons (Fsp3) is 0.235. The van der Waals surface area contributed by atoms with E-state index in [0.29, 0.717) is 6.54 Å². The fourth-order valence-corrected chi connectivity index (χ4v) is 2.23. The van der Waals surface area contributed by atoms with Gasteiger partial charge < -0.3 is 10.0 Å². The molecule has 0 saturated carbocycles. The number of hydrogen-bond donors (Lipinski definition) is 1. The molecule has 3 nitrogen and oxygen atoms in total. The molecule has 1 atom stereocenters. The zero-order chi connectivity index (χ0) is 15.4. The van der Waals surface area contributed by atoms with Crippen molar-refractivity contribution < 1.29 is 14.3 Å². The first-order valence-corrected chi connectivity index (χ1v) is 6.78. The van der Waals surface area contributed by atoms with Gasteiger partial charge >= 0.3 is 0 Å². The normalized spacial score (nSPS) is 12.0. The van der Waals surface area contributed by atoms with Crippen molar-refractivity contribution in [2.45, 2.75) is 6.92 Å². The minimum atomic E-state index is -0.485. The van der Waals surface area contributed by atoms with Gasteiger partial charge in [0.05, 0.1) is 5.56 Å². The first kappa shape index (κ1) is 15.0. The maximum atomic E-state index is 13.6. The van der Waals surface area contributed by atoms with Crippen molar-refractivity contribution in [3.63, 3.8) is 0 Å². The number of benzene rings is 2. The standard InChI is InChI=1S/C17H18FNO2/c1-12(17(21)15-5-3-4-6-16(15)18)11-19(2)13-7-9-14(20)10-8-13/h3-10,12,20H,11H2,1-2H3. The van der Waals surface area contributed by atoms with Gasteiger partial charge in [-0.05, 0) is 36.4 Å². The van der Waals surface area contributed by atoms with Crippen molar-refractivity contribution >= 4 is 11.5 Å². The lowest BCUT2D eigenvalue weighted by Gasteiger charge is -2.23. The molecule has 2 aromatic carbocycles. The third kappa shape index (κ3) is 3.60. The van der Waals surface area contributed by atoms with E-state index in [9.17, 15) is 14.3 Å². The first-order valence-electron chi connectivity index (χ1n) is 6.78. The molecular formula is C17H18FNO2. The second kappa shape index (κ2) is 6.39. The molecule has 0 aliphatic heterocycles. The number of phenolic OH excluding ortho intramolecular Hbond substituents is 1. The fourth-order valence-electron chi connectivity index (χ4n) is 2.23. The van der Waals surface area contributed by atoms with Gasteiger partial charge in [-0.2, -0.15) is 0 Å². The topological polar surface area (TPSA) is 40.5 Å². The van der Waals surface area contributed by atoms with Crippen LogP contribution in [0.15, 0.2) is 48.5 Å². The van der Waals surface area contributed by atoms with E-state index in [1.165, 1.54) is 12.1 Å². The Kier molecular flexibility index (Phi) is 4.58. The van der Waals surface area contributed by atoms with Crippen LogP contribution in [-0.2, 0) is 0 Å². The Morgan fingerprint density at radius 2 is 1.81 bits per heavy atom. The van der Waals surface area contributed by atoms with E-state index < -0.39 is 5.82 Å². The van der Waals surface area contributed by atoms with Gasteiger partial charge in [-0.25, -0.2) is 4.39 Å². The summed E-state index contributed by atoms with van der Waals surface area (Å²) in [5.41, 5.74) is 1.02. The van der Waals surface area contributed by atoms with Crippen molar-refractivity contribution in [3.8, 4) is 5.75 Å². The number of phenols is 1. The summed E-state index contributed by atoms with van der Waals surface area (Å²) in [6.07, 6.45) is 0. The smallest absolute Gasteiger partial charge is 0.170 e. The molecule has 4 heteroatoms. The van der Waals surface area contributed by atoms with Crippen molar-refractivity contribution in [3.05, 3.63) is 59.9 Å². The van der Waals surface area contributed by atoms with Gasteiger partial charge in [-0.1, -0.05) is 19.1 Å². The van der Waals surface area contributed by atoms with Crippen LogP contribution in [0.3, 0.4) is 0 Å². The lowest BCUT2D eigenvalue weighted by molar-refractivity contribution is 0.0929. The summed E-state index contributed by atoms with van der Waals surface area (Å²) >= 11 is 0. The zero-order valence-electron chi connectivity index (χ0n) is 12.1. The molecule has 0 fully saturated rings. The summed E-state index contributed by atoms with van der Waals surface area (Å²) in [4.78, 5) is 14.2. The molecule has 110 valence electrons. The molecule has 2 rings (SSSR count). The van der Waals surface area contributed by atoms with Crippen LogP contribution in [0.25, 0.3) is 0 Å². The predicted molar refractivity (Wildman–Crippen MR) is 81.3 cm³/mol. The number of hydrogen-bond acceptors (Lipinski definition) is 3. The van der Waals surface area contributed by atoms with Gasteiger partial charge in [0.15, 0.2) is 5.78 Å². The third-order valence-electron chi connectivity index (χ3n) is 3.43. The van der Waals surface area contributed by atoms with E-state index in [0.717, 1.165) is 5.69 Å². The molecule has 0 aliphatic carbocycles. The van der Waals surface area contributed by atoms with E-state index in [2.05, 4.69) is 0 Å². The monoisotopic (exact) mass is 287 g/mol. The van der Waals surface area contributed by atoms with Crippen LogP contribution >= 0.6 is 0 Å². The summed E-state index contributed by atoms with van der Waals surface area (Å²) < 4.78 is 13.6. The largest absolute Gasteiger partial charge is 0.508 e. The Balaban J connectivity index is 2.07. The average Bonchev–Trinajstić information content (AvgIpc) is 2.47. The molecule has 0 aliphatic rings. The number of carbonyl (C=O) groups is 1. The Morgan fingerprint density at radius 3 is 2.43 bits per heavy atom. The number of Topliss-reactive ketones (excluding diaryl/α,β-unsaturated/α-hetero) is 1. The number of halogens is 1. The van der Waals surface area contributed by atoms with Crippen LogP contribution in [0.2, 0.25) is 0 Å². The van der Waals surface area contributed by atoms with Crippen LogP contribution in [0.4, 0.5) is 10.1 Å². The minimum absolute atomic E-state index is 0.129. The molecule has 1 N–H and O–H groups in total. The van der Waals surface area contributed by atoms with Crippen LogP contribution in [0, 0.1) is 11.7 Å². The average molecular weight is 287 g/mol. The second-order valence-electron chi connectivity index (χ2n) is 5.14. The maximum absolute atomic E-state index is 13.6. The molecule has 2 aromatic rings. The summed E-state index contributed by atoms with van der Waals surface area (Å²) in [6, 6.07) is 12.8. The molecule has 1 unspecified atom stereocenters. The van der Waals surface area contributed by atoms with E-state index in [1.807, 2.05) is 11.9 Å². The van der Waals surface area contributed by atoms with Crippen molar-refractivity contribution in [2.24, 2.45) is 5.92 Å². The van der Waals surface area contributed by atoms with E-state index in [1.54, 1.807) is 43.3 Å². The van der Waals surface area contributed by atoms with E-state index in [-0.39, 0.29) is 23.0 Å². The third-order valence-corrected chi connectivity index (χ3v) is 3.43. The van der Waals surface area contributed by atoms with Crippen molar-refractivity contribution in [1.82, 2.24) is 0 Å². The first-order chi connectivity index (χ1) is 9.99. The summed E-state index contributed by atoms with van der Waals surface area (Å²) in [6.45, 7) is 2.25. The van der Waals surface area contributed by atoms with Crippen LogP contribution in [0.5, 0.6) is 5.75 Å². The lowest BCUT2D eigenvalue weighted by Crippen LogP contribution is -2.29. The van der Waals surface area contributed by atoms with Crippen LogP contribution in [-0.4, -0.2) is 24.5 Å². The molecule has 0 heterocycles. The Labute approximate surface area is 123 Å². The summed E-state index contributed by atoms with van der Waals surface area (Å²) in [5.74, 6) is -0.830. The van der Waals surface area contributed by atoms with Gasteiger partial charge in [-0.3, -0.25) is 4.79 Å². The predicted octanol–water partition coefficient (Wildman–Crippen LogP) is 3.49. The molecule has 0 aromatic heterocycles. The highest BCUT2D eigenvalue weighted by molar-refractivity contribution is 5.98.